The van der Waals surface area contributed by atoms with Crippen LogP contribution in [0.3, 0.4) is 0 Å². The van der Waals surface area contributed by atoms with Crippen LogP contribution in [0.5, 0.6) is 0 Å². The molecule has 0 aliphatic carbocycles. The topological polar surface area (TPSA) is 48.6 Å². The Labute approximate surface area is 124 Å². The lowest BCUT2D eigenvalue weighted by atomic mass is 10.2. The molecule has 1 heterocycles. The van der Waals surface area contributed by atoms with Gasteiger partial charge in [0.2, 0.25) is 0 Å². The van der Waals surface area contributed by atoms with Gasteiger partial charge in [0.05, 0.1) is 12.2 Å². The van der Waals surface area contributed by atoms with E-state index < -0.39 is 0 Å². The molecule has 0 aliphatic rings. The largest absolute Gasteiger partial charge is 0.462 e. The number of benzene rings is 1. The monoisotopic (exact) mass is 292 g/mol. The van der Waals surface area contributed by atoms with E-state index in [-0.39, 0.29) is 18.5 Å². The number of furan rings is 1. The van der Waals surface area contributed by atoms with E-state index in [0.29, 0.717) is 29.4 Å². The van der Waals surface area contributed by atoms with Crippen LogP contribution in [0.2, 0.25) is 0 Å². The number of halogens is 1. The van der Waals surface area contributed by atoms with Crippen LogP contribution >= 0.6 is 0 Å². The quantitative estimate of drug-likeness (QED) is 0.857. The van der Waals surface area contributed by atoms with Gasteiger partial charge >= 0.3 is 0 Å². The lowest BCUT2D eigenvalue weighted by molar-refractivity contribution is 0.244. The number of aliphatic hydroxyl groups excluding tert-OH is 1. The molecule has 1 aromatic carbocycles. The standard InChI is InChI=1S/C16H21FN2O2/c1-11(2)19(3)16-7-4-12(8-15(16)17)18-9-13-5-6-14(10-20)21-13/h4-8,11,18,20H,9-10H2,1-3H3. The summed E-state index contributed by atoms with van der Waals surface area (Å²) in [4.78, 5) is 1.89. The Morgan fingerprint density at radius 3 is 2.52 bits per heavy atom. The lowest BCUT2D eigenvalue weighted by Gasteiger charge is -2.24. The third-order valence-electron chi connectivity index (χ3n) is 3.44. The highest BCUT2D eigenvalue weighted by molar-refractivity contribution is 5.56. The summed E-state index contributed by atoms with van der Waals surface area (Å²) in [6, 6.07) is 8.82. The van der Waals surface area contributed by atoms with Gasteiger partial charge < -0.3 is 19.7 Å². The maximum Gasteiger partial charge on any atom is 0.148 e. The zero-order valence-corrected chi connectivity index (χ0v) is 12.6. The number of nitrogens with one attached hydrogen (secondary N) is 1. The summed E-state index contributed by atoms with van der Waals surface area (Å²) in [5.74, 6) is 0.960. The van der Waals surface area contributed by atoms with E-state index >= 15 is 0 Å². The van der Waals surface area contributed by atoms with Gasteiger partial charge in [-0.05, 0) is 44.2 Å². The SMILES string of the molecule is CC(C)N(C)c1ccc(NCc2ccc(CO)o2)cc1F. The molecule has 2 rings (SSSR count). The van der Waals surface area contributed by atoms with Crippen molar-refractivity contribution in [3.05, 3.63) is 47.7 Å². The van der Waals surface area contributed by atoms with Crippen molar-refractivity contribution in [1.82, 2.24) is 0 Å². The first-order chi connectivity index (χ1) is 10.0. The molecule has 0 unspecified atom stereocenters. The third-order valence-corrected chi connectivity index (χ3v) is 3.44. The molecule has 1 aromatic heterocycles. The first kappa shape index (κ1) is 15.4. The van der Waals surface area contributed by atoms with Crippen LogP contribution in [0.1, 0.15) is 25.4 Å². The molecule has 2 aromatic rings. The van der Waals surface area contributed by atoms with E-state index in [9.17, 15) is 4.39 Å². The highest BCUT2D eigenvalue weighted by atomic mass is 19.1. The number of rotatable bonds is 6. The van der Waals surface area contributed by atoms with E-state index in [1.165, 1.54) is 6.07 Å². The van der Waals surface area contributed by atoms with Crippen LogP contribution in [0.4, 0.5) is 15.8 Å². The molecule has 0 saturated heterocycles. The first-order valence-corrected chi connectivity index (χ1v) is 6.96. The second-order valence-electron chi connectivity index (χ2n) is 5.25. The average molecular weight is 292 g/mol. The van der Waals surface area contributed by atoms with Crippen molar-refractivity contribution >= 4 is 11.4 Å². The first-order valence-electron chi connectivity index (χ1n) is 6.96. The number of anilines is 2. The van der Waals surface area contributed by atoms with E-state index in [2.05, 4.69) is 5.32 Å². The Kier molecular flexibility index (Phi) is 4.85. The van der Waals surface area contributed by atoms with E-state index in [1.54, 1.807) is 18.2 Å². The highest BCUT2D eigenvalue weighted by Crippen LogP contribution is 2.23. The zero-order valence-electron chi connectivity index (χ0n) is 12.6. The molecule has 0 amide bonds. The molecule has 0 atom stereocenters. The fraction of sp³-hybridized carbons (Fsp3) is 0.375. The second-order valence-corrected chi connectivity index (χ2v) is 5.25. The Bertz CT molecular complexity index is 596. The van der Waals surface area contributed by atoms with Crippen molar-refractivity contribution in [2.45, 2.75) is 33.0 Å². The number of aliphatic hydroxyl groups is 1. The molecule has 21 heavy (non-hydrogen) atoms. The number of hydrogen-bond acceptors (Lipinski definition) is 4. The van der Waals surface area contributed by atoms with Gasteiger partial charge in [0.1, 0.15) is 23.9 Å². The summed E-state index contributed by atoms with van der Waals surface area (Å²) in [5, 5.41) is 12.0. The molecular formula is C16H21FN2O2. The highest BCUT2D eigenvalue weighted by Gasteiger charge is 2.11. The minimum absolute atomic E-state index is 0.120. The Morgan fingerprint density at radius 2 is 1.95 bits per heavy atom. The summed E-state index contributed by atoms with van der Waals surface area (Å²) >= 11 is 0. The summed E-state index contributed by atoms with van der Waals surface area (Å²) < 4.78 is 19.5. The molecule has 114 valence electrons. The minimum Gasteiger partial charge on any atom is -0.462 e. The maximum absolute atomic E-state index is 14.1. The predicted octanol–water partition coefficient (Wildman–Crippen LogP) is 3.37. The van der Waals surface area contributed by atoms with E-state index in [4.69, 9.17) is 9.52 Å². The molecule has 0 radical (unpaired) electrons. The molecule has 0 bridgehead atoms. The normalized spacial score (nSPS) is 11.0. The smallest absolute Gasteiger partial charge is 0.148 e. The van der Waals surface area contributed by atoms with Crippen LogP contribution in [0.25, 0.3) is 0 Å². The van der Waals surface area contributed by atoms with Crippen molar-refractivity contribution in [2.24, 2.45) is 0 Å². The fourth-order valence-corrected chi connectivity index (χ4v) is 1.97. The Balaban J connectivity index is 2.03. The number of nitrogens with zero attached hydrogens (tertiary/aromatic N) is 1. The molecule has 0 saturated carbocycles. The van der Waals surface area contributed by atoms with Gasteiger partial charge in [0.25, 0.3) is 0 Å². The lowest BCUT2D eigenvalue weighted by Crippen LogP contribution is -2.26. The number of hydrogen-bond donors (Lipinski definition) is 2. The summed E-state index contributed by atoms with van der Waals surface area (Å²) in [6.45, 7) is 4.35. The molecule has 0 aliphatic heterocycles. The maximum atomic E-state index is 14.1. The summed E-state index contributed by atoms with van der Waals surface area (Å²) in [5.41, 5.74) is 1.27. The van der Waals surface area contributed by atoms with Crippen LogP contribution in [0, 0.1) is 5.82 Å². The van der Waals surface area contributed by atoms with Crippen molar-refractivity contribution < 1.29 is 13.9 Å². The van der Waals surface area contributed by atoms with Gasteiger partial charge in [-0.25, -0.2) is 4.39 Å². The van der Waals surface area contributed by atoms with Gasteiger partial charge in [0.15, 0.2) is 0 Å². The van der Waals surface area contributed by atoms with Crippen LogP contribution in [0.15, 0.2) is 34.7 Å². The average Bonchev–Trinajstić information content (AvgIpc) is 2.92. The van der Waals surface area contributed by atoms with Gasteiger partial charge in [-0.1, -0.05) is 0 Å². The zero-order chi connectivity index (χ0) is 15.4. The van der Waals surface area contributed by atoms with Gasteiger partial charge in [0, 0.05) is 18.8 Å². The minimum atomic E-state index is -0.258. The predicted molar refractivity (Wildman–Crippen MR) is 81.9 cm³/mol. The fourth-order valence-electron chi connectivity index (χ4n) is 1.97. The van der Waals surface area contributed by atoms with Gasteiger partial charge in [-0.2, -0.15) is 0 Å². The van der Waals surface area contributed by atoms with E-state index in [1.807, 2.05) is 31.9 Å². The molecule has 5 heteroatoms. The summed E-state index contributed by atoms with van der Waals surface area (Å²) in [6.07, 6.45) is 0. The molecule has 0 spiro atoms. The van der Waals surface area contributed by atoms with Crippen molar-refractivity contribution in [2.75, 3.05) is 17.3 Å². The van der Waals surface area contributed by atoms with Crippen molar-refractivity contribution in [1.29, 1.82) is 0 Å². The van der Waals surface area contributed by atoms with Crippen LogP contribution in [-0.2, 0) is 13.2 Å². The van der Waals surface area contributed by atoms with E-state index in [0.717, 1.165) is 0 Å². The van der Waals surface area contributed by atoms with Gasteiger partial charge in [-0.15, -0.1) is 0 Å². The summed E-state index contributed by atoms with van der Waals surface area (Å²) in [7, 11) is 1.87. The second kappa shape index (κ2) is 6.63. The van der Waals surface area contributed by atoms with Crippen LogP contribution < -0.4 is 10.2 Å². The molecule has 2 N–H and O–H groups in total. The van der Waals surface area contributed by atoms with Crippen LogP contribution in [-0.4, -0.2) is 18.2 Å². The molecule has 0 fully saturated rings. The third kappa shape index (κ3) is 3.76. The Morgan fingerprint density at radius 1 is 1.24 bits per heavy atom. The van der Waals surface area contributed by atoms with Crippen molar-refractivity contribution in [3.8, 4) is 0 Å². The van der Waals surface area contributed by atoms with Gasteiger partial charge in [-0.3, -0.25) is 0 Å². The Hall–Kier alpha value is -2.01. The molecule has 4 nitrogen and oxygen atoms in total. The molecular weight excluding hydrogens is 271 g/mol. The van der Waals surface area contributed by atoms with Crippen molar-refractivity contribution in [3.63, 3.8) is 0 Å².